The fourth-order valence-corrected chi connectivity index (χ4v) is 2.95. The van der Waals surface area contributed by atoms with Crippen molar-refractivity contribution in [2.24, 2.45) is 0 Å². The van der Waals surface area contributed by atoms with Gasteiger partial charge in [-0.2, -0.15) is 0 Å². The van der Waals surface area contributed by atoms with Crippen molar-refractivity contribution in [3.63, 3.8) is 0 Å². The van der Waals surface area contributed by atoms with E-state index in [1.54, 1.807) is 0 Å². The maximum atomic E-state index is 11.5. The number of hydrogen-bond acceptors (Lipinski definition) is 1. The summed E-state index contributed by atoms with van der Waals surface area (Å²) in [6, 6.07) is 6.10. The van der Waals surface area contributed by atoms with E-state index >= 15 is 0 Å². The zero-order valence-corrected chi connectivity index (χ0v) is 9.98. The van der Waals surface area contributed by atoms with E-state index in [1.165, 1.54) is 12.8 Å². The summed E-state index contributed by atoms with van der Waals surface area (Å²) < 4.78 is 0. The van der Waals surface area contributed by atoms with E-state index in [9.17, 15) is 9.90 Å². The molecule has 0 atom stereocenters. The Balaban J connectivity index is 2.04. The Morgan fingerprint density at radius 1 is 1.00 bits per heavy atom. The van der Waals surface area contributed by atoms with Gasteiger partial charge in [0, 0.05) is 0 Å². The van der Waals surface area contributed by atoms with Crippen LogP contribution in [0.15, 0.2) is 18.2 Å². The van der Waals surface area contributed by atoms with Gasteiger partial charge in [-0.05, 0) is 48.6 Å². The largest absolute Gasteiger partial charge is 0.478 e. The minimum atomic E-state index is -0.727. The fourth-order valence-electron chi connectivity index (χ4n) is 2.95. The highest BCUT2D eigenvalue weighted by molar-refractivity contribution is 5.91. The average molecular weight is 230 g/mol. The number of carboxylic acid groups (broad SMARTS) is 1. The fraction of sp³-hybridized carbons (Fsp3) is 0.533. The molecule has 0 aromatic heterocycles. The molecule has 0 bridgehead atoms. The molecule has 2 fully saturated rings. The third-order valence-electron chi connectivity index (χ3n) is 4.43. The molecular formula is C15H18O2. The Morgan fingerprint density at radius 2 is 1.47 bits per heavy atom. The van der Waals surface area contributed by atoms with Gasteiger partial charge in [0.15, 0.2) is 0 Å². The minimum absolute atomic E-state index is 0.501. The number of aromatic carboxylic acids is 1. The number of carboxylic acids is 1. The predicted molar refractivity (Wildman–Crippen MR) is 66.6 cm³/mol. The molecule has 1 aromatic carbocycles. The van der Waals surface area contributed by atoms with Crippen LogP contribution in [0.5, 0.6) is 0 Å². The maximum Gasteiger partial charge on any atom is 0.336 e. The molecule has 0 heterocycles. The lowest BCUT2D eigenvalue weighted by Crippen LogP contribution is -2.19. The van der Waals surface area contributed by atoms with Crippen LogP contribution in [0, 0.1) is 0 Å². The van der Waals surface area contributed by atoms with Gasteiger partial charge in [0.25, 0.3) is 0 Å². The highest BCUT2D eigenvalue weighted by Gasteiger charge is 2.30. The molecule has 3 rings (SSSR count). The summed E-state index contributed by atoms with van der Waals surface area (Å²) in [4.78, 5) is 11.5. The number of carbonyl (C=O) groups is 1. The molecule has 0 spiro atoms. The second-order valence-electron chi connectivity index (χ2n) is 5.37. The highest BCUT2D eigenvalue weighted by atomic mass is 16.4. The standard InChI is InChI=1S/C15H18O2/c16-15(17)14-12(10-4-1-5-10)8-3-9-13(14)11-6-2-7-11/h3,8-11H,1-2,4-7H2,(H,16,17). The van der Waals surface area contributed by atoms with E-state index in [1.807, 2.05) is 18.2 Å². The summed E-state index contributed by atoms with van der Waals surface area (Å²) in [6.07, 6.45) is 7.14. The molecule has 1 aromatic rings. The Kier molecular flexibility index (Phi) is 2.65. The maximum absolute atomic E-state index is 11.5. The zero-order valence-electron chi connectivity index (χ0n) is 9.98. The minimum Gasteiger partial charge on any atom is -0.478 e. The van der Waals surface area contributed by atoms with Gasteiger partial charge < -0.3 is 5.11 Å². The van der Waals surface area contributed by atoms with Crippen LogP contribution in [0.2, 0.25) is 0 Å². The van der Waals surface area contributed by atoms with Gasteiger partial charge in [-0.15, -0.1) is 0 Å². The van der Waals surface area contributed by atoms with Crippen LogP contribution in [0.25, 0.3) is 0 Å². The molecule has 90 valence electrons. The molecular weight excluding hydrogens is 212 g/mol. The summed E-state index contributed by atoms with van der Waals surface area (Å²) in [6.45, 7) is 0. The van der Waals surface area contributed by atoms with Crippen molar-refractivity contribution in [2.75, 3.05) is 0 Å². The van der Waals surface area contributed by atoms with E-state index in [-0.39, 0.29) is 0 Å². The molecule has 0 saturated heterocycles. The summed E-state index contributed by atoms with van der Waals surface area (Å²) in [5.41, 5.74) is 2.81. The van der Waals surface area contributed by atoms with Crippen molar-refractivity contribution in [1.29, 1.82) is 0 Å². The molecule has 0 amide bonds. The topological polar surface area (TPSA) is 37.3 Å². The summed E-state index contributed by atoms with van der Waals surface area (Å²) in [5, 5.41) is 9.48. The van der Waals surface area contributed by atoms with Gasteiger partial charge in [-0.25, -0.2) is 4.79 Å². The van der Waals surface area contributed by atoms with Crippen LogP contribution < -0.4 is 0 Å². The van der Waals surface area contributed by atoms with Crippen LogP contribution >= 0.6 is 0 Å². The first-order chi connectivity index (χ1) is 8.27. The molecule has 2 saturated carbocycles. The second-order valence-corrected chi connectivity index (χ2v) is 5.37. The van der Waals surface area contributed by atoms with Crippen molar-refractivity contribution in [3.05, 3.63) is 34.9 Å². The van der Waals surface area contributed by atoms with Gasteiger partial charge in [0.1, 0.15) is 0 Å². The zero-order chi connectivity index (χ0) is 11.8. The lowest BCUT2D eigenvalue weighted by Gasteiger charge is -2.31. The third kappa shape index (κ3) is 1.76. The molecule has 2 aliphatic rings. The first-order valence-electron chi connectivity index (χ1n) is 6.63. The molecule has 2 heteroatoms. The number of benzene rings is 1. The second kappa shape index (κ2) is 4.17. The molecule has 0 unspecified atom stereocenters. The Hall–Kier alpha value is -1.31. The van der Waals surface area contributed by atoms with Crippen molar-refractivity contribution >= 4 is 5.97 Å². The summed E-state index contributed by atoms with van der Waals surface area (Å²) in [5.74, 6) is 0.275. The monoisotopic (exact) mass is 230 g/mol. The van der Waals surface area contributed by atoms with Crippen LogP contribution in [0.4, 0.5) is 0 Å². The lowest BCUT2D eigenvalue weighted by molar-refractivity contribution is 0.0691. The molecule has 2 nitrogen and oxygen atoms in total. The van der Waals surface area contributed by atoms with Crippen molar-refractivity contribution in [1.82, 2.24) is 0 Å². The van der Waals surface area contributed by atoms with E-state index < -0.39 is 5.97 Å². The molecule has 0 radical (unpaired) electrons. The third-order valence-corrected chi connectivity index (χ3v) is 4.43. The summed E-state index contributed by atoms with van der Waals surface area (Å²) in [7, 11) is 0. The van der Waals surface area contributed by atoms with Crippen LogP contribution in [-0.2, 0) is 0 Å². The van der Waals surface area contributed by atoms with E-state index in [2.05, 4.69) is 0 Å². The van der Waals surface area contributed by atoms with Crippen LogP contribution in [-0.4, -0.2) is 11.1 Å². The average Bonchev–Trinajstić information content (AvgIpc) is 2.11. The van der Waals surface area contributed by atoms with Crippen molar-refractivity contribution in [3.8, 4) is 0 Å². The van der Waals surface area contributed by atoms with Crippen LogP contribution in [0.1, 0.15) is 71.8 Å². The van der Waals surface area contributed by atoms with E-state index in [0.717, 1.165) is 36.8 Å². The Labute approximate surface area is 102 Å². The number of rotatable bonds is 3. The van der Waals surface area contributed by atoms with E-state index in [4.69, 9.17) is 0 Å². The predicted octanol–water partition coefficient (Wildman–Crippen LogP) is 3.92. The summed E-state index contributed by atoms with van der Waals surface area (Å²) >= 11 is 0. The highest BCUT2D eigenvalue weighted by Crippen LogP contribution is 2.43. The van der Waals surface area contributed by atoms with Crippen molar-refractivity contribution < 1.29 is 9.90 Å². The Bertz CT molecular complexity index is 410. The quantitative estimate of drug-likeness (QED) is 0.854. The molecule has 1 N–H and O–H groups in total. The first-order valence-corrected chi connectivity index (χ1v) is 6.63. The smallest absolute Gasteiger partial charge is 0.336 e. The van der Waals surface area contributed by atoms with Crippen LogP contribution in [0.3, 0.4) is 0 Å². The van der Waals surface area contributed by atoms with Gasteiger partial charge >= 0.3 is 5.97 Å². The van der Waals surface area contributed by atoms with Crippen molar-refractivity contribution in [2.45, 2.75) is 50.4 Å². The lowest BCUT2D eigenvalue weighted by atomic mass is 9.73. The number of hydrogen-bond donors (Lipinski definition) is 1. The molecule has 0 aliphatic heterocycles. The first kappa shape index (κ1) is 10.8. The van der Waals surface area contributed by atoms with Gasteiger partial charge in [0.05, 0.1) is 5.56 Å². The Morgan fingerprint density at radius 3 is 1.76 bits per heavy atom. The normalized spacial score (nSPS) is 20.7. The SMILES string of the molecule is O=C(O)c1c(C2CCC2)cccc1C1CCC1. The van der Waals surface area contributed by atoms with Gasteiger partial charge in [-0.1, -0.05) is 31.0 Å². The molecule has 2 aliphatic carbocycles. The molecule has 17 heavy (non-hydrogen) atoms. The van der Waals surface area contributed by atoms with Gasteiger partial charge in [-0.3, -0.25) is 0 Å². The van der Waals surface area contributed by atoms with Gasteiger partial charge in [0.2, 0.25) is 0 Å². The van der Waals surface area contributed by atoms with E-state index in [0.29, 0.717) is 17.4 Å².